The average Bonchev–Trinajstić information content (AvgIpc) is 2.50. The van der Waals surface area contributed by atoms with Crippen LogP contribution in [0.1, 0.15) is 5.56 Å². The lowest BCUT2D eigenvalue weighted by molar-refractivity contribution is 0.479. The minimum Gasteiger partial charge on any atom is -0.457 e. The Morgan fingerprint density at radius 3 is 2.17 bits per heavy atom. The van der Waals surface area contributed by atoms with Gasteiger partial charge in [-0.05, 0) is 55.0 Å². The maximum absolute atomic E-state index is 5.94. The van der Waals surface area contributed by atoms with Gasteiger partial charge in [-0.1, -0.05) is 11.6 Å². The first-order valence-corrected chi connectivity index (χ1v) is 7.20. The summed E-state index contributed by atoms with van der Waals surface area (Å²) in [5, 5.41) is 0.676. The Kier molecular flexibility index (Phi) is 3.99. The highest BCUT2D eigenvalue weighted by Gasteiger charge is 2.07. The highest BCUT2D eigenvalue weighted by molar-refractivity contribution is 6.30. The number of nitrogen functional groups attached to an aromatic ring is 2. The number of aromatic nitrogens is 3. The molecule has 0 radical (unpaired) electrons. The third-order valence-corrected chi connectivity index (χ3v) is 3.38. The smallest absolute Gasteiger partial charge is 0.225 e. The number of anilines is 2. The number of aryl methyl sites for hydroxylation is 1. The van der Waals surface area contributed by atoms with E-state index in [1.54, 1.807) is 6.07 Å². The van der Waals surface area contributed by atoms with Crippen LogP contribution in [0.5, 0.6) is 11.5 Å². The van der Waals surface area contributed by atoms with Crippen molar-refractivity contribution in [2.45, 2.75) is 6.92 Å². The number of hydrogen-bond donors (Lipinski definition) is 2. The van der Waals surface area contributed by atoms with Gasteiger partial charge in [-0.15, -0.1) is 0 Å². The van der Waals surface area contributed by atoms with Crippen LogP contribution in [0.15, 0.2) is 42.5 Å². The van der Waals surface area contributed by atoms with Gasteiger partial charge in [0, 0.05) is 10.6 Å². The molecule has 0 atom stereocenters. The van der Waals surface area contributed by atoms with Crippen LogP contribution in [0.4, 0.5) is 11.9 Å². The second kappa shape index (κ2) is 6.10. The van der Waals surface area contributed by atoms with Gasteiger partial charge < -0.3 is 16.2 Å². The number of benzene rings is 2. The fourth-order valence-corrected chi connectivity index (χ4v) is 2.29. The summed E-state index contributed by atoms with van der Waals surface area (Å²) in [5.74, 6) is 2.03. The first-order chi connectivity index (χ1) is 11.0. The molecule has 2 aromatic carbocycles. The van der Waals surface area contributed by atoms with E-state index in [1.807, 2.05) is 43.3 Å². The van der Waals surface area contributed by atoms with Crippen LogP contribution in [0.3, 0.4) is 0 Å². The van der Waals surface area contributed by atoms with Crippen molar-refractivity contribution < 1.29 is 4.74 Å². The largest absolute Gasteiger partial charge is 0.457 e. The summed E-state index contributed by atoms with van der Waals surface area (Å²) in [6, 6.07) is 12.8. The van der Waals surface area contributed by atoms with Crippen molar-refractivity contribution in [1.29, 1.82) is 0 Å². The zero-order chi connectivity index (χ0) is 16.4. The maximum atomic E-state index is 5.94. The highest BCUT2D eigenvalue weighted by Crippen LogP contribution is 2.28. The van der Waals surface area contributed by atoms with E-state index in [1.165, 1.54) is 0 Å². The summed E-state index contributed by atoms with van der Waals surface area (Å²) in [6.45, 7) is 1.94. The summed E-state index contributed by atoms with van der Waals surface area (Å²) < 4.78 is 5.84. The van der Waals surface area contributed by atoms with Gasteiger partial charge in [0.25, 0.3) is 0 Å². The van der Waals surface area contributed by atoms with E-state index in [9.17, 15) is 0 Å². The van der Waals surface area contributed by atoms with Gasteiger partial charge in [0.2, 0.25) is 11.9 Å². The van der Waals surface area contributed by atoms with Gasteiger partial charge >= 0.3 is 0 Å². The minimum absolute atomic E-state index is 0.0876. The van der Waals surface area contributed by atoms with Crippen LogP contribution in [-0.4, -0.2) is 15.0 Å². The van der Waals surface area contributed by atoms with E-state index in [0.717, 1.165) is 16.9 Å². The van der Waals surface area contributed by atoms with Crippen LogP contribution in [0.2, 0.25) is 5.02 Å². The molecule has 0 aliphatic rings. The van der Waals surface area contributed by atoms with Crippen LogP contribution >= 0.6 is 11.6 Å². The summed E-state index contributed by atoms with van der Waals surface area (Å²) in [4.78, 5) is 11.9. The first kappa shape index (κ1) is 15.1. The average molecular weight is 328 g/mol. The SMILES string of the molecule is Cc1cc(Cl)ccc1Oc1ccc(-c2nc(N)nc(N)n2)cc1. The molecule has 1 heterocycles. The zero-order valence-electron chi connectivity index (χ0n) is 12.3. The Morgan fingerprint density at radius 1 is 0.913 bits per heavy atom. The number of nitrogens with zero attached hydrogens (tertiary/aromatic N) is 3. The molecular formula is C16H14ClN5O. The molecule has 0 saturated carbocycles. The van der Waals surface area contributed by atoms with Crippen molar-refractivity contribution in [3.05, 3.63) is 53.1 Å². The Labute approximate surface area is 138 Å². The molecule has 0 bridgehead atoms. The van der Waals surface area contributed by atoms with E-state index in [-0.39, 0.29) is 11.9 Å². The highest BCUT2D eigenvalue weighted by atomic mass is 35.5. The van der Waals surface area contributed by atoms with Crippen molar-refractivity contribution in [3.63, 3.8) is 0 Å². The third kappa shape index (κ3) is 3.49. The van der Waals surface area contributed by atoms with Crippen LogP contribution in [0, 0.1) is 6.92 Å². The summed E-state index contributed by atoms with van der Waals surface area (Å²) in [7, 11) is 0. The molecule has 0 unspecified atom stereocenters. The number of hydrogen-bond acceptors (Lipinski definition) is 6. The molecule has 1 aromatic heterocycles. The molecule has 0 saturated heterocycles. The van der Waals surface area contributed by atoms with Gasteiger partial charge in [-0.2, -0.15) is 15.0 Å². The second-order valence-corrected chi connectivity index (χ2v) is 5.35. The molecule has 0 aliphatic heterocycles. The van der Waals surface area contributed by atoms with E-state index >= 15 is 0 Å². The van der Waals surface area contributed by atoms with Crippen LogP contribution < -0.4 is 16.2 Å². The van der Waals surface area contributed by atoms with Gasteiger partial charge in [0.15, 0.2) is 5.82 Å². The van der Waals surface area contributed by atoms with Gasteiger partial charge in [0.05, 0.1) is 0 Å². The lowest BCUT2D eigenvalue weighted by Gasteiger charge is -2.09. The Hall–Kier alpha value is -2.86. The molecule has 0 amide bonds. The number of nitrogens with two attached hydrogens (primary N) is 2. The fraction of sp³-hybridized carbons (Fsp3) is 0.0625. The summed E-state index contributed by atoms with van der Waals surface area (Å²) in [6.07, 6.45) is 0. The van der Waals surface area contributed by atoms with Crippen molar-refractivity contribution in [1.82, 2.24) is 15.0 Å². The molecule has 116 valence electrons. The summed E-state index contributed by atoms with van der Waals surface area (Å²) >= 11 is 5.94. The van der Waals surface area contributed by atoms with Crippen LogP contribution in [0.25, 0.3) is 11.4 Å². The van der Waals surface area contributed by atoms with E-state index in [4.69, 9.17) is 27.8 Å². The molecule has 6 nitrogen and oxygen atoms in total. The second-order valence-electron chi connectivity index (χ2n) is 4.91. The molecule has 0 spiro atoms. The van der Waals surface area contributed by atoms with Crippen molar-refractivity contribution in [2.75, 3.05) is 11.5 Å². The van der Waals surface area contributed by atoms with Crippen molar-refractivity contribution in [3.8, 4) is 22.9 Å². The number of halogens is 1. The van der Waals surface area contributed by atoms with Crippen LogP contribution in [-0.2, 0) is 0 Å². The molecule has 3 aromatic rings. The Balaban J connectivity index is 1.84. The summed E-state index contributed by atoms with van der Waals surface area (Å²) in [5.41, 5.74) is 12.9. The lowest BCUT2D eigenvalue weighted by Crippen LogP contribution is -2.04. The van der Waals surface area contributed by atoms with Crippen molar-refractivity contribution >= 4 is 23.5 Å². The quantitative estimate of drug-likeness (QED) is 0.764. The molecule has 23 heavy (non-hydrogen) atoms. The normalized spacial score (nSPS) is 10.5. The van der Waals surface area contributed by atoms with Gasteiger partial charge in [0.1, 0.15) is 11.5 Å². The molecule has 4 N–H and O–H groups in total. The predicted molar refractivity (Wildman–Crippen MR) is 90.4 cm³/mol. The predicted octanol–water partition coefficient (Wildman–Crippen LogP) is 3.46. The zero-order valence-corrected chi connectivity index (χ0v) is 13.1. The standard InChI is InChI=1S/C16H14ClN5O/c1-9-8-11(17)4-7-13(9)23-12-5-2-10(3-6-12)14-20-15(18)22-16(19)21-14/h2-8H,1H3,(H4,18,19,20,21,22). The molecule has 0 aliphatic carbocycles. The Morgan fingerprint density at radius 2 is 1.57 bits per heavy atom. The van der Waals surface area contributed by atoms with Gasteiger partial charge in [-0.25, -0.2) is 0 Å². The number of rotatable bonds is 3. The molecular weight excluding hydrogens is 314 g/mol. The third-order valence-electron chi connectivity index (χ3n) is 3.15. The van der Waals surface area contributed by atoms with E-state index < -0.39 is 0 Å². The molecule has 0 fully saturated rings. The van der Waals surface area contributed by atoms with E-state index in [2.05, 4.69) is 15.0 Å². The fourth-order valence-electron chi connectivity index (χ4n) is 2.06. The monoisotopic (exact) mass is 327 g/mol. The maximum Gasteiger partial charge on any atom is 0.225 e. The Bertz CT molecular complexity index is 831. The van der Waals surface area contributed by atoms with Crippen molar-refractivity contribution in [2.24, 2.45) is 0 Å². The molecule has 3 rings (SSSR count). The molecule has 7 heteroatoms. The first-order valence-electron chi connectivity index (χ1n) is 6.83. The minimum atomic E-state index is 0.0876. The number of ether oxygens (including phenoxy) is 1. The topological polar surface area (TPSA) is 99.9 Å². The van der Waals surface area contributed by atoms with Gasteiger partial charge in [-0.3, -0.25) is 0 Å². The van der Waals surface area contributed by atoms with E-state index in [0.29, 0.717) is 16.6 Å². The lowest BCUT2D eigenvalue weighted by atomic mass is 10.2.